The molecule has 1 heterocycles. The van der Waals surface area contributed by atoms with E-state index in [9.17, 15) is 23.1 Å². The van der Waals surface area contributed by atoms with Crippen molar-refractivity contribution in [2.45, 2.75) is 32.1 Å². The van der Waals surface area contributed by atoms with Gasteiger partial charge in [0.25, 0.3) is 0 Å². The first-order chi connectivity index (χ1) is 16.2. The number of carbonyl (C=O) groups is 2. The molecule has 2 N–H and O–H groups in total. The molecule has 1 fully saturated rings. The highest BCUT2D eigenvalue weighted by Gasteiger charge is 2.25. The molecule has 2 aromatic carbocycles. The highest BCUT2D eigenvalue weighted by atomic mass is 32.2. The van der Waals surface area contributed by atoms with E-state index in [0.29, 0.717) is 29.0 Å². The maximum absolute atomic E-state index is 12.8. The molecule has 0 aromatic heterocycles. The zero-order chi connectivity index (χ0) is 24.7. The van der Waals surface area contributed by atoms with Crippen LogP contribution in [0.3, 0.4) is 0 Å². The van der Waals surface area contributed by atoms with Gasteiger partial charge in [0, 0.05) is 23.6 Å². The monoisotopic (exact) mass is 488 g/mol. The minimum absolute atomic E-state index is 0.0289. The second-order valence-corrected chi connectivity index (χ2v) is 10.4. The smallest absolute Gasteiger partial charge is 0.229 e. The number of nitrogens with zero attached hydrogens (tertiary/aromatic N) is 1. The van der Waals surface area contributed by atoms with Gasteiger partial charge < -0.3 is 14.7 Å². The topological polar surface area (TPSA) is 113 Å². The third kappa shape index (κ3) is 7.30. The number of anilines is 1. The first kappa shape index (κ1) is 25.7. The van der Waals surface area contributed by atoms with E-state index < -0.39 is 10.0 Å². The first-order valence-electron chi connectivity index (χ1n) is 11.4. The van der Waals surface area contributed by atoms with Crippen LogP contribution in [-0.4, -0.2) is 63.0 Å². The maximum Gasteiger partial charge on any atom is 0.229 e. The summed E-state index contributed by atoms with van der Waals surface area (Å²) < 4.78 is 30.1. The zero-order valence-electron chi connectivity index (χ0n) is 19.6. The quantitative estimate of drug-likeness (QED) is 0.366. The standard InChI is InChI=1S/C25H32N2O6S/c1-33-21-10-11-24(29)22(17-21)23(28)5-3-4-14-27-15-12-19(13-16-27)25(30)18-6-8-20(9-7-18)26-34(2,31)32/h6-11,17,19,26,29H,3-5,12-16H2,1-2H3. The molecule has 0 amide bonds. The van der Waals surface area contributed by atoms with Gasteiger partial charge >= 0.3 is 0 Å². The normalized spacial score (nSPS) is 15.1. The largest absolute Gasteiger partial charge is 0.507 e. The van der Waals surface area contributed by atoms with Crippen molar-refractivity contribution in [3.8, 4) is 11.5 Å². The molecule has 9 heteroatoms. The summed E-state index contributed by atoms with van der Waals surface area (Å²) in [4.78, 5) is 27.6. The molecule has 0 aliphatic carbocycles. The van der Waals surface area contributed by atoms with Crippen LogP contribution >= 0.6 is 0 Å². The summed E-state index contributed by atoms with van der Waals surface area (Å²) in [7, 11) is -1.83. The number of carbonyl (C=O) groups excluding carboxylic acids is 2. The van der Waals surface area contributed by atoms with Gasteiger partial charge in [-0.2, -0.15) is 0 Å². The molecule has 8 nitrogen and oxygen atoms in total. The second-order valence-electron chi connectivity index (χ2n) is 8.70. The average Bonchev–Trinajstić information content (AvgIpc) is 2.81. The van der Waals surface area contributed by atoms with Crippen LogP contribution in [0.2, 0.25) is 0 Å². The predicted octanol–water partition coefficient (Wildman–Crippen LogP) is 3.72. The molecule has 0 bridgehead atoms. The van der Waals surface area contributed by atoms with E-state index in [-0.39, 0.29) is 23.2 Å². The van der Waals surface area contributed by atoms with Gasteiger partial charge in [0.2, 0.25) is 10.0 Å². The Morgan fingerprint density at radius 1 is 1.09 bits per heavy atom. The molecule has 3 rings (SSSR count). The number of phenols is 1. The van der Waals surface area contributed by atoms with E-state index in [2.05, 4.69) is 9.62 Å². The summed E-state index contributed by atoms with van der Waals surface area (Å²) in [6, 6.07) is 11.2. The summed E-state index contributed by atoms with van der Waals surface area (Å²) >= 11 is 0. The van der Waals surface area contributed by atoms with Gasteiger partial charge in [-0.3, -0.25) is 14.3 Å². The number of sulfonamides is 1. The third-order valence-electron chi connectivity index (χ3n) is 6.06. The van der Waals surface area contributed by atoms with Crippen LogP contribution in [0.4, 0.5) is 5.69 Å². The van der Waals surface area contributed by atoms with E-state index >= 15 is 0 Å². The van der Waals surface area contributed by atoms with Gasteiger partial charge in [0.1, 0.15) is 11.5 Å². The fraction of sp³-hybridized carbons (Fsp3) is 0.440. The second kappa shape index (κ2) is 11.5. The van der Waals surface area contributed by atoms with Gasteiger partial charge in [0.05, 0.1) is 18.9 Å². The van der Waals surface area contributed by atoms with E-state index in [1.54, 1.807) is 36.4 Å². The number of phenolic OH excluding ortho intramolecular Hbond substituents is 1. The fourth-order valence-electron chi connectivity index (χ4n) is 4.19. The molecular weight excluding hydrogens is 456 g/mol. The van der Waals surface area contributed by atoms with Crippen molar-refractivity contribution in [3.05, 3.63) is 53.6 Å². The number of nitrogens with one attached hydrogen (secondary N) is 1. The van der Waals surface area contributed by atoms with Gasteiger partial charge in [0.15, 0.2) is 11.6 Å². The average molecular weight is 489 g/mol. The Hall–Kier alpha value is -2.91. The molecule has 0 unspecified atom stereocenters. The number of ether oxygens (including phenoxy) is 1. The van der Waals surface area contributed by atoms with Crippen molar-refractivity contribution in [1.82, 2.24) is 4.90 Å². The number of rotatable bonds is 11. The number of Topliss-reactive ketones (excluding diaryl/α,β-unsaturated/α-hetero) is 2. The summed E-state index contributed by atoms with van der Waals surface area (Å²) in [5, 5.41) is 9.93. The Labute approximate surface area is 201 Å². The molecule has 34 heavy (non-hydrogen) atoms. The Bertz CT molecular complexity index is 1110. The number of aromatic hydroxyl groups is 1. The van der Waals surface area contributed by atoms with Crippen LogP contribution < -0.4 is 9.46 Å². The SMILES string of the molecule is COc1ccc(O)c(C(=O)CCCCN2CCC(C(=O)c3ccc(NS(C)(=O)=O)cc3)CC2)c1. The molecule has 1 aliphatic heterocycles. The molecule has 184 valence electrons. The number of hydrogen-bond acceptors (Lipinski definition) is 7. The number of unbranched alkanes of at least 4 members (excludes halogenated alkanes) is 1. The molecule has 2 aromatic rings. The highest BCUT2D eigenvalue weighted by molar-refractivity contribution is 7.92. The van der Waals surface area contributed by atoms with Gasteiger partial charge in [-0.1, -0.05) is 0 Å². The number of likely N-dealkylation sites (tertiary alicyclic amines) is 1. The van der Waals surface area contributed by atoms with Crippen LogP contribution in [0.1, 0.15) is 52.8 Å². The predicted molar refractivity (Wildman–Crippen MR) is 131 cm³/mol. The van der Waals surface area contributed by atoms with E-state index in [1.807, 2.05) is 0 Å². The number of piperidine rings is 1. The van der Waals surface area contributed by atoms with Gasteiger partial charge in [-0.25, -0.2) is 8.42 Å². The Morgan fingerprint density at radius 3 is 2.38 bits per heavy atom. The Morgan fingerprint density at radius 2 is 1.76 bits per heavy atom. The van der Waals surface area contributed by atoms with Crippen LogP contribution in [-0.2, 0) is 10.0 Å². The number of methoxy groups -OCH3 is 1. The summed E-state index contributed by atoms with van der Waals surface area (Å²) in [6.07, 6.45) is 4.59. The van der Waals surface area contributed by atoms with Crippen LogP contribution in [0.5, 0.6) is 11.5 Å². The zero-order valence-corrected chi connectivity index (χ0v) is 20.4. The van der Waals surface area contributed by atoms with Crippen LogP contribution in [0, 0.1) is 5.92 Å². The van der Waals surface area contributed by atoms with E-state index in [4.69, 9.17) is 4.74 Å². The van der Waals surface area contributed by atoms with Crippen molar-refractivity contribution in [2.75, 3.05) is 37.7 Å². The molecule has 0 spiro atoms. The number of ketones is 2. The molecule has 1 aliphatic rings. The van der Waals surface area contributed by atoms with Crippen LogP contribution in [0.15, 0.2) is 42.5 Å². The molecular formula is C25H32N2O6S. The lowest BCUT2D eigenvalue weighted by Crippen LogP contribution is -2.37. The van der Waals surface area contributed by atoms with Gasteiger partial charge in [-0.05, 0) is 87.8 Å². The van der Waals surface area contributed by atoms with Crippen molar-refractivity contribution in [2.24, 2.45) is 5.92 Å². The molecule has 0 atom stereocenters. The van der Waals surface area contributed by atoms with Crippen molar-refractivity contribution >= 4 is 27.3 Å². The Kier molecular flexibility index (Phi) is 8.68. The van der Waals surface area contributed by atoms with E-state index in [0.717, 1.165) is 51.6 Å². The minimum Gasteiger partial charge on any atom is -0.507 e. The fourth-order valence-corrected chi connectivity index (χ4v) is 4.76. The van der Waals surface area contributed by atoms with Crippen molar-refractivity contribution in [3.63, 3.8) is 0 Å². The van der Waals surface area contributed by atoms with E-state index in [1.165, 1.54) is 13.2 Å². The number of benzene rings is 2. The summed E-state index contributed by atoms with van der Waals surface area (Å²) in [5.74, 6) is 0.467. The number of hydrogen-bond donors (Lipinski definition) is 2. The lowest BCUT2D eigenvalue weighted by Gasteiger charge is -2.31. The molecule has 0 saturated carbocycles. The minimum atomic E-state index is -3.35. The summed E-state index contributed by atoms with van der Waals surface area (Å²) in [6.45, 7) is 2.52. The lowest BCUT2D eigenvalue weighted by atomic mass is 9.88. The highest BCUT2D eigenvalue weighted by Crippen LogP contribution is 2.26. The molecule has 1 saturated heterocycles. The Balaban J connectivity index is 1.40. The van der Waals surface area contributed by atoms with Crippen molar-refractivity contribution in [1.29, 1.82) is 0 Å². The third-order valence-corrected chi connectivity index (χ3v) is 6.67. The summed E-state index contributed by atoms with van der Waals surface area (Å²) in [5.41, 5.74) is 1.32. The first-order valence-corrected chi connectivity index (χ1v) is 13.3. The maximum atomic E-state index is 12.8. The molecule has 0 radical (unpaired) electrons. The van der Waals surface area contributed by atoms with Gasteiger partial charge in [-0.15, -0.1) is 0 Å². The van der Waals surface area contributed by atoms with Crippen molar-refractivity contribution < 1.29 is 27.9 Å². The lowest BCUT2D eigenvalue weighted by molar-refractivity contribution is 0.0836. The van der Waals surface area contributed by atoms with Crippen LogP contribution in [0.25, 0.3) is 0 Å².